The number of amides is 12. The van der Waals surface area contributed by atoms with Crippen LogP contribution < -0.4 is 16.0 Å². The predicted molar refractivity (Wildman–Crippen MR) is 369 cm³/mol. The third-order valence-electron chi connectivity index (χ3n) is 21.8. The highest BCUT2D eigenvalue weighted by Gasteiger charge is 2.51. The van der Waals surface area contributed by atoms with E-state index in [0.29, 0.717) is 63.6 Å². The van der Waals surface area contributed by atoms with Crippen LogP contribution in [0.2, 0.25) is 5.02 Å². The minimum Gasteiger partial charge on any atom is -0.343 e. The molecule has 0 aromatic heterocycles. The van der Waals surface area contributed by atoms with Crippen molar-refractivity contribution in [1.29, 1.82) is 0 Å². The van der Waals surface area contributed by atoms with Crippen LogP contribution in [0.25, 0.3) is 0 Å². The van der Waals surface area contributed by atoms with Crippen LogP contribution in [0.1, 0.15) is 187 Å². The fourth-order valence-electron chi connectivity index (χ4n) is 15.8. The van der Waals surface area contributed by atoms with Crippen molar-refractivity contribution in [3.8, 4) is 0 Å². The fraction of sp³-hybridized carbons (Fsp3) is 0.750. The summed E-state index contributed by atoms with van der Waals surface area (Å²) in [6.07, 6.45) is 6.79. The van der Waals surface area contributed by atoms with Gasteiger partial charge >= 0.3 is 6.18 Å². The number of hydrogen-bond acceptors (Lipinski definition) is 12. The number of nitrogens with zero attached hydrogens (tertiary/aromatic N) is 9. The second kappa shape index (κ2) is 35.7. The zero-order valence-corrected chi connectivity index (χ0v) is 61.5. The number of aryl methyl sites for hydroxylation is 1. The van der Waals surface area contributed by atoms with Crippen LogP contribution in [0.3, 0.4) is 0 Å². The molecule has 7 rings (SSSR count). The van der Waals surface area contributed by atoms with Gasteiger partial charge in [0.05, 0.1) is 36.6 Å². The number of alkyl halides is 3. The molecule has 3 N–H and O–H groups in total. The summed E-state index contributed by atoms with van der Waals surface area (Å²) in [6, 6.07) is -5.55. The molecule has 558 valence electrons. The van der Waals surface area contributed by atoms with Crippen molar-refractivity contribution in [2.45, 2.75) is 236 Å². The van der Waals surface area contributed by atoms with E-state index in [2.05, 4.69) is 16.0 Å². The van der Waals surface area contributed by atoms with Gasteiger partial charge in [-0.25, -0.2) is 0 Å². The summed E-state index contributed by atoms with van der Waals surface area (Å²) in [5.74, 6) is -8.77. The molecule has 1 aromatic carbocycles. The summed E-state index contributed by atoms with van der Waals surface area (Å²) < 4.78 is 41.6. The molecule has 3 aliphatic heterocycles. The maximum atomic E-state index is 15.4. The number of carbonyl (C=O) groups excluding carboxylic acids is 12. The normalized spacial score (nSPS) is 26.7. The zero-order valence-electron chi connectivity index (χ0n) is 60.7. The van der Waals surface area contributed by atoms with Gasteiger partial charge in [0, 0.05) is 69.0 Å². The number of likely N-dealkylation sites (tertiary alicyclic amines) is 1. The van der Waals surface area contributed by atoms with Crippen LogP contribution in [0.4, 0.5) is 13.2 Å². The van der Waals surface area contributed by atoms with Crippen molar-refractivity contribution in [1.82, 2.24) is 60.0 Å². The molecule has 100 heavy (non-hydrogen) atoms. The lowest BCUT2D eigenvalue weighted by molar-refractivity contribution is -0.156. The minimum absolute atomic E-state index is 0.0218. The smallest absolute Gasteiger partial charge is 0.343 e. The van der Waals surface area contributed by atoms with Crippen molar-refractivity contribution in [3.05, 3.63) is 34.3 Å². The van der Waals surface area contributed by atoms with E-state index < -0.39 is 167 Å². The summed E-state index contributed by atoms with van der Waals surface area (Å²) in [5.41, 5.74) is -2.35. The van der Waals surface area contributed by atoms with E-state index in [1.165, 1.54) is 84.8 Å². The molecule has 3 heterocycles. The standard InChI is InChI=1S/C72H110ClF3N12O12/c1-45(2)38-54-63(93)78-61(49-26-17-13-18-27-49)68(98)82(7)43-59(91)80(5)44-60(92)84(9)55(40-47-24-15-12-16-25-47)66(96)81(6)42-57(89)77-52(32-30-48-29-31-50(51(73)39-48)72(74,75)76)65(95)88-37-23-28-53(88)64(94)79-71(33-19-20-34-71)70(100)86(11)62(46(3)4)69(99)85(10)56(41-58(90)83(54)8)67(97)87-35-21-14-22-36-87/h29,31,39,45-47,49,52-56,61-62H,12-28,30,32-38,40-44H2,1-11H3,(H,77,89)(H,78,93)(H,79,94)/t52-,53?,54-,55-,56-,61-,62-/m0/s1. The van der Waals surface area contributed by atoms with Crippen molar-refractivity contribution in [3.63, 3.8) is 0 Å². The predicted octanol–water partition coefficient (Wildman–Crippen LogP) is 6.03. The van der Waals surface area contributed by atoms with Gasteiger partial charge in [-0.1, -0.05) is 110 Å². The summed E-state index contributed by atoms with van der Waals surface area (Å²) in [7, 11) is 9.98. The maximum Gasteiger partial charge on any atom is 0.417 e. The Bertz CT molecular complexity index is 3110. The number of benzene rings is 1. The molecule has 6 aliphatic rings. The highest BCUT2D eigenvalue weighted by atomic mass is 35.5. The van der Waals surface area contributed by atoms with Crippen molar-refractivity contribution < 1.29 is 70.7 Å². The van der Waals surface area contributed by atoms with Crippen LogP contribution in [0, 0.1) is 23.7 Å². The number of carbonyl (C=O) groups is 12. The molecule has 28 heteroatoms. The molecule has 7 atom stereocenters. The second-order valence-electron chi connectivity index (χ2n) is 30.0. The van der Waals surface area contributed by atoms with Crippen molar-refractivity contribution in [2.75, 3.05) is 88.6 Å². The Morgan fingerprint density at radius 3 is 1.79 bits per heavy atom. The monoisotopic (exact) mass is 1430 g/mol. The molecular formula is C72H110ClF3N12O12. The Balaban J connectivity index is 1.27. The number of halogens is 4. The Kier molecular flexibility index (Phi) is 28.7. The van der Waals surface area contributed by atoms with Crippen molar-refractivity contribution in [2.24, 2.45) is 23.7 Å². The van der Waals surface area contributed by atoms with Crippen LogP contribution in [-0.2, 0) is 70.1 Å². The molecule has 0 bridgehead atoms. The SMILES string of the molecule is CC(C)C[C@H]1C(=O)N[C@@H](C2CCCCC2)C(=O)N(C)CC(=O)N(C)CC(=O)N(C)[C@@H](CC2CCCCC2)C(=O)N(C)CC(=O)N[C@@H](CCc2ccc(C(F)(F)F)c(Cl)c2)C(=O)N2CCCC2C(=O)NC2(CCCC2)C(=O)N(C)[C@@H](C(C)C)C(=O)N(C)[C@H](C(=O)N2CCCCC2)CC(=O)N1C. The highest BCUT2D eigenvalue weighted by molar-refractivity contribution is 6.31. The van der Waals surface area contributed by atoms with E-state index in [1.54, 1.807) is 18.7 Å². The summed E-state index contributed by atoms with van der Waals surface area (Å²) >= 11 is 6.15. The number of likely N-dealkylation sites (N-methyl/N-ethyl adjacent to an activating group) is 7. The minimum atomic E-state index is -4.76. The summed E-state index contributed by atoms with van der Waals surface area (Å²) in [5, 5.41) is 8.23. The molecule has 3 saturated heterocycles. The summed E-state index contributed by atoms with van der Waals surface area (Å²) in [4.78, 5) is 190. The van der Waals surface area contributed by atoms with Gasteiger partial charge in [0.15, 0.2) is 0 Å². The molecule has 3 aliphatic carbocycles. The number of fused-ring (bicyclic) bond motifs is 1. The highest BCUT2D eigenvalue weighted by Crippen LogP contribution is 2.38. The molecule has 12 amide bonds. The van der Waals surface area contributed by atoms with Gasteiger partial charge in [-0.3, -0.25) is 57.5 Å². The molecule has 6 fully saturated rings. The zero-order chi connectivity index (χ0) is 73.7. The van der Waals surface area contributed by atoms with Crippen molar-refractivity contribution >= 4 is 82.5 Å². The van der Waals surface area contributed by atoms with Gasteiger partial charge in [0.2, 0.25) is 70.9 Å². The van der Waals surface area contributed by atoms with Gasteiger partial charge in [-0.05, 0) is 125 Å². The Hall–Kier alpha value is -7.06. The van der Waals surface area contributed by atoms with E-state index in [-0.39, 0.29) is 69.2 Å². The quantitative estimate of drug-likeness (QED) is 0.242. The van der Waals surface area contributed by atoms with E-state index >= 15 is 28.8 Å². The van der Waals surface area contributed by atoms with Crippen LogP contribution in [0.15, 0.2) is 18.2 Å². The first-order valence-electron chi connectivity index (χ1n) is 36.3. The first-order valence-corrected chi connectivity index (χ1v) is 36.7. The first-order chi connectivity index (χ1) is 47.2. The molecule has 24 nitrogen and oxygen atoms in total. The van der Waals surface area contributed by atoms with E-state index in [9.17, 15) is 41.9 Å². The van der Waals surface area contributed by atoms with Gasteiger partial charge in [0.1, 0.15) is 47.8 Å². The van der Waals surface area contributed by atoms with E-state index in [4.69, 9.17) is 11.6 Å². The average Bonchev–Trinajstić information content (AvgIpc) is 1.49. The Morgan fingerprint density at radius 2 is 1.19 bits per heavy atom. The summed E-state index contributed by atoms with van der Waals surface area (Å²) in [6.45, 7) is 6.37. The van der Waals surface area contributed by atoms with Crippen LogP contribution >= 0.6 is 11.6 Å². The topological polar surface area (TPSA) is 270 Å². The van der Waals surface area contributed by atoms with E-state index in [1.807, 2.05) is 13.8 Å². The lowest BCUT2D eigenvalue weighted by Crippen LogP contribution is -2.65. The molecule has 3 saturated carbocycles. The average molecular weight is 1430 g/mol. The van der Waals surface area contributed by atoms with Gasteiger partial charge < -0.3 is 60.0 Å². The third-order valence-corrected chi connectivity index (χ3v) is 22.1. The van der Waals surface area contributed by atoms with Gasteiger partial charge in [0.25, 0.3) is 0 Å². The third kappa shape index (κ3) is 20.2. The van der Waals surface area contributed by atoms with Gasteiger partial charge in [-0.2, -0.15) is 13.2 Å². The van der Waals surface area contributed by atoms with Crippen LogP contribution in [0.5, 0.6) is 0 Å². The Labute approximate surface area is 593 Å². The molecule has 1 spiro atoms. The maximum absolute atomic E-state index is 15.4. The number of nitrogens with one attached hydrogen (secondary N) is 3. The number of piperidine rings is 1. The largest absolute Gasteiger partial charge is 0.417 e. The lowest BCUT2D eigenvalue weighted by Gasteiger charge is -2.42. The molecule has 1 aromatic rings. The fourth-order valence-corrected chi connectivity index (χ4v) is 16.1. The van der Waals surface area contributed by atoms with Gasteiger partial charge in [-0.15, -0.1) is 0 Å². The Morgan fingerprint density at radius 1 is 0.600 bits per heavy atom. The number of hydrogen-bond donors (Lipinski definition) is 3. The molecule has 1 unspecified atom stereocenters. The molecular weight excluding hydrogens is 1320 g/mol. The van der Waals surface area contributed by atoms with Crippen LogP contribution in [-0.4, -0.2) is 251 Å². The first kappa shape index (κ1) is 80.3. The number of rotatable bonds is 10. The second-order valence-corrected chi connectivity index (χ2v) is 30.4. The van der Waals surface area contributed by atoms with E-state index in [0.717, 1.165) is 79.7 Å². The lowest BCUT2D eigenvalue weighted by atomic mass is 9.83. The molecule has 0 radical (unpaired) electrons.